The Morgan fingerprint density at radius 2 is 1.80 bits per heavy atom. The lowest BCUT2D eigenvalue weighted by Gasteiger charge is -2.23. The average Bonchev–Trinajstić information content (AvgIpc) is 2.34. The molecular formula is C11H14ClF3N2O2S. The van der Waals surface area contributed by atoms with Gasteiger partial charge in [-0.25, -0.2) is 26.3 Å². The van der Waals surface area contributed by atoms with Crippen LogP contribution in [0.15, 0.2) is 17.0 Å². The summed E-state index contributed by atoms with van der Waals surface area (Å²) >= 11 is 0. The van der Waals surface area contributed by atoms with Gasteiger partial charge in [0, 0.05) is 18.7 Å². The van der Waals surface area contributed by atoms with E-state index in [2.05, 4.69) is 10.0 Å². The molecule has 0 unspecified atom stereocenters. The normalized spacial score (nSPS) is 19.4. The van der Waals surface area contributed by atoms with E-state index in [1.807, 2.05) is 0 Å². The van der Waals surface area contributed by atoms with Crippen molar-refractivity contribution in [1.82, 2.24) is 10.0 Å². The van der Waals surface area contributed by atoms with Crippen molar-refractivity contribution in [3.8, 4) is 0 Å². The standard InChI is InChI=1S/C11H13F3N2O2S.ClH/c12-8-4-10(14)11(5-9(8)13)19(17,18)16-7-2-1-3-15-6-7;/h4-5,7,15-16H,1-3,6H2;1H/t7-;/m0./s1. The first-order valence-corrected chi connectivity index (χ1v) is 7.26. The van der Waals surface area contributed by atoms with Crippen LogP contribution in [0.4, 0.5) is 13.2 Å². The highest BCUT2D eigenvalue weighted by molar-refractivity contribution is 7.89. The lowest BCUT2D eigenvalue weighted by Crippen LogP contribution is -2.45. The van der Waals surface area contributed by atoms with E-state index in [0.717, 1.165) is 13.0 Å². The minimum absolute atomic E-state index is 0. The lowest BCUT2D eigenvalue weighted by atomic mass is 10.1. The van der Waals surface area contributed by atoms with E-state index in [-0.39, 0.29) is 24.5 Å². The van der Waals surface area contributed by atoms with E-state index in [9.17, 15) is 21.6 Å². The fourth-order valence-electron chi connectivity index (χ4n) is 1.95. The molecule has 1 aliphatic heterocycles. The Hall–Kier alpha value is -0.830. The molecule has 0 saturated carbocycles. The van der Waals surface area contributed by atoms with E-state index >= 15 is 0 Å². The number of sulfonamides is 1. The van der Waals surface area contributed by atoms with Crippen molar-refractivity contribution in [3.05, 3.63) is 29.6 Å². The van der Waals surface area contributed by atoms with E-state index < -0.39 is 32.4 Å². The van der Waals surface area contributed by atoms with Crippen LogP contribution in [0.25, 0.3) is 0 Å². The van der Waals surface area contributed by atoms with Gasteiger partial charge in [-0.3, -0.25) is 0 Å². The van der Waals surface area contributed by atoms with E-state index in [4.69, 9.17) is 0 Å². The molecule has 1 aromatic carbocycles. The second kappa shape index (κ2) is 6.75. The van der Waals surface area contributed by atoms with Crippen molar-refractivity contribution in [2.75, 3.05) is 13.1 Å². The first-order valence-electron chi connectivity index (χ1n) is 5.78. The lowest BCUT2D eigenvalue weighted by molar-refractivity contribution is 0.426. The summed E-state index contributed by atoms with van der Waals surface area (Å²) in [6.45, 7) is 1.21. The summed E-state index contributed by atoms with van der Waals surface area (Å²) in [4.78, 5) is -0.878. The van der Waals surface area contributed by atoms with Gasteiger partial charge in [-0.2, -0.15) is 0 Å². The first kappa shape index (κ1) is 17.2. The number of hydrogen-bond acceptors (Lipinski definition) is 3. The minimum Gasteiger partial charge on any atom is -0.315 e. The van der Waals surface area contributed by atoms with Gasteiger partial charge in [0.1, 0.15) is 10.7 Å². The monoisotopic (exact) mass is 330 g/mol. The predicted molar refractivity (Wildman–Crippen MR) is 69.8 cm³/mol. The molecule has 114 valence electrons. The zero-order valence-corrected chi connectivity index (χ0v) is 12.0. The molecule has 0 aliphatic carbocycles. The Balaban J connectivity index is 0.00000200. The van der Waals surface area contributed by atoms with Crippen LogP contribution in [-0.4, -0.2) is 27.5 Å². The zero-order chi connectivity index (χ0) is 14.0. The van der Waals surface area contributed by atoms with Crippen molar-refractivity contribution in [1.29, 1.82) is 0 Å². The number of rotatable bonds is 3. The minimum atomic E-state index is -4.20. The second-order valence-electron chi connectivity index (χ2n) is 4.36. The molecule has 9 heteroatoms. The molecule has 2 rings (SSSR count). The van der Waals surface area contributed by atoms with Crippen LogP contribution < -0.4 is 10.0 Å². The number of benzene rings is 1. The molecular weight excluding hydrogens is 317 g/mol. The topological polar surface area (TPSA) is 58.2 Å². The SMILES string of the molecule is Cl.O=S(=O)(N[C@H]1CCCNC1)c1cc(F)c(F)cc1F. The zero-order valence-electron chi connectivity index (χ0n) is 10.3. The Morgan fingerprint density at radius 3 is 2.40 bits per heavy atom. The van der Waals surface area contributed by atoms with Crippen LogP contribution in [0, 0.1) is 17.5 Å². The molecule has 1 fully saturated rings. The molecule has 1 aliphatic rings. The van der Waals surface area contributed by atoms with Gasteiger partial charge in [-0.05, 0) is 25.5 Å². The van der Waals surface area contributed by atoms with E-state index in [1.54, 1.807) is 0 Å². The number of piperidine rings is 1. The molecule has 0 spiro atoms. The van der Waals surface area contributed by atoms with Crippen LogP contribution >= 0.6 is 12.4 Å². The highest BCUT2D eigenvalue weighted by Gasteiger charge is 2.26. The fraction of sp³-hybridized carbons (Fsp3) is 0.455. The summed E-state index contributed by atoms with van der Waals surface area (Å²) < 4.78 is 65.3. The molecule has 0 radical (unpaired) electrons. The highest BCUT2D eigenvalue weighted by atomic mass is 35.5. The smallest absolute Gasteiger partial charge is 0.243 e. The molecule has 1 saturated heterocycles. The first-order chi connectivity index (χ1) is 8.90. The molecule has 0 amide bonds. The van der Waals surface area contributed by atoms with Crippen LogP contribution in [0.5, 0.6) is 0 Å². The molecule has 0 aromatic heterocycles. The van der Waals surface area contributed by atoms with Crippen molar-refractivity contribution in [2.24, 2.45) is 0 Å². The maximum absolute atomic E-state index is 13.4. The molecule has 1 atom stereocenters. The van der Waals surface area contributed by atoms with Gasteiger partial charge in [-0.15, -0.1) is 12.4 Å². The van der Waals surface area contributed by atoms with Gasteiger partial charge in [0.15, 0.2) is 11.6 Å². The molecule has 4 nitrogen and oxygen atoms in total. The van der Waals surface area contributed by atoms with E-state index in [1.165, 1.54) is 0 Å². The van der Waals surface area contributed by atoms with Crippen molar-refractivity contribution >= 4 is 22.4 Å². The Morgan fingerprint density at radius 1 is 1.15 bits per heavy atom. The van der Waals surface area contributed by atoms with Gasteiger partial charge in [-0.1, -0.05) is 0 Å². The molecule has 0 bridgehead atoms. The summed E-state index contributed by atoms with van der Waals surface area (Å²) in [6, 6.07) is 0.193. The maximum atomic E-state index is 13.4. The van der Waals surface area contributed by atoms with Gasteiger partial charge in [0.05, 0.1) is 0 Å². The van der Waals surface area contributed by atoms with Gasteiger partial charge >= 0.3 is 0 Å². The molecule has 1 aromatic rings. The van der Waals surface area contributed by atoms with Crippen LogP contribution in [0.3, 0.4) is 0 Å². The third-order valence-electron chi connectivity index (χ3n) is 2.88. The molecule has 20 heavy (non-hydrogen) atoms. The van der Waals surface area contributed by atoms with Crippen LogP contribution in [-0.2, 0) is 10.0 Å². The van der Waals surface area contributed by atoms with Crippen molar-refractivity contribution < 1.29 is 21.6 Å². The Bertz CT molecular complexity index is 577. The molecule has 2 N–H and O–H groups in total. The summed E-state index contributed by atoms with van der Waals surface area (Å²) in [6.07, 6.45) is 1.39. The highest BCUT2D eigenvalue weighted by Crippen LogP contribution is 2.19. The van der Waals surface area contributed by atoms with Gasteiger partial charge in [0.2, 0.25) is 10.0 Å². The van der Waals surface area contributed by atoms with Crippen LogP contribution in [0.2, 0.25) is 0 Å². The quantitative estimate of drug-likeness (QED) is 0.827. The third kappa shape index (κ3) is 3.85. The van der Waals surface area contributed by atoms with Crippen molar-refractivity contribution in [3.63, 3.8) is 0 Å². The predicted octanol–water partition coefficient (Wildman–Crippen LogP) is 1.56. The van der Waals surface area contributed by atoms with Crippen LogP contribution in [0.1, 0.15) is 12.8 Å². The number of halogens is 4. The summed E-state index contributed by atoms with van der Waals surface area (Å²) in [7, 11) is -4.20. The van der Waals surface area contributed by atoms with E-state index in [0.29, 0.717) is 19.0 Å². The second-order valence-corrected chi connectivity index (χ2v) is 6.04. The molecule has 1 heterocycles. The number of nitrogens with one attached hydrogen (secondary N) is 2. The Kier molecular flexibility index (Phi) is 5.81. The van der Waals surface area contributed by atoms with Gasteiger partial charge < -0.3 is 5.32 Å². The van der Waals surface area contributed by atoms with Gasteiger partial charge in [0.25, 0.3) is 0 Å². The summed E-state index contributed by atoms with van der Waals surface area (Å²) in [5, 5.41) is 2.99. The average molecular weight is 331 g/mol. The summed E-state index contributed by atoms with van der Waals surface area (Å²) in [5.74, 6) is -4.13. The summed E-state index contributed by atoms with van der Waals surface area (Å²) in [5.41, 5.74) is 0. The fourth-order valence-corrected chi connectivity index (χ4v) is 3.29. The van der Waals surface area contributed by atoms with Crippen molar-refractivity contribution in [2.45, 2.75) is 23.8 Å². The number of hydrogen-bond donors (Lipinski definition) is 2. The Labute approximate surface area is 121 Å². The maximum Gasteiger partial charge on any atom is 0.243 e. The third-order valence-corrected chi connectivity index (χ3v) is 4.42. The largest absolute Gasteiger partial charge is 0.315 e.